The fourth-order valence-electron chi connectivity index (χ4n) is 2.54. The van der Waals surface area contributed by atoms with Crippen molar-refractivity contribution in [3.8, 4) is 11.5 Å². The third-order valence-corrected chi connectivity index (χ3v) is 3.77. The lowest BCUT2D eigenvalue weighted by molar-refractivity contribution is 0.252. The molecule has 5 nitrogen and oxygen atoms in total. The highest BCUT2D eigenvalue weighted by atomic mass is 16.5. The monoisotopic (exact) mass is 304 g/mol. The minimum absolute atomic E-state index is 0.222. The average Bonchev–Trinajstić information content (AvgIpc) is 2.56. The Morgan fingerprint density at radius 3 is 2.77 bits per heavy atom. The van der Waals surface area contributed by atoms with E-state index in [0.717, 1.165) is 12.8 Å². The van der Waals surface area contributed by atoms with Gasteiger partial charge in [-0.3, -0.25) is 0 Å². The van der Waals surface area contributed by atoms with Gasteiger partial charge in [-0.25, -0.2) is 4.79 Å². The van der Waals surface area contributed by atoms with E-state index in [1.54, 1.807) is 32.4 Å². The first-order valence-corrected chi connectivity index (χ1v) is 7.67. The van der Waals surface area contributed by atoms with E-state index in [9.17, 15) is 4.79 Å². The lowest BCUT2D eigenvalue weighted by Crippen LogP contribution is -2.30. The number of rotatable bonds is 6. The van der Waals surface area contributed by atoms with Gasteiger partial charge < -0.3 is 20.1 Å². The second kappa shape index (κ2) is 8.32. The second-order valence-electron chi connectivity index (χ2n) is 5.31. The van der Waals surface area contributed by atoms with E-state index < -0.39 is 0 Å². The van der Waals surface area contributed by atoms with Crippen LogP contribution >= 0.6 is 0 Å². The minimum atomic E-state index is -0.222. The second-order valence-corrected chi connectivity index (χ2v) is 5.31. The summed E-state index contributed by atoms with van der Waals surface area (Å²) in [7, 11) is 3.15. The Balaban J connectivity index is 1.82. The summed E-state index contributed by atoms with van der Waals surface area (Å²) in [5.41, 5.74) is 2.08. The number of benzene rings is 1. The highest BCUT2D eigenvalue weighted by Crippen LogP contribution is 2.28. The maximum absolute atomic E-state index is 11.9. The van der Waals surface area contributed by atoms with E-state index >= 15 is 0 Å². The van der Waals surface area contributed by atoms with Crippen LogP contribution in [0.15, 0.2) is 29.8 Å². The van der Waals surface area contributed by atoms with Crippen LogP contribution in [0.1, 0.15) is 32.1 Å². The number of urea groups is 1. The molecule has 2 amide bonds. The standard InChI is InChI=1S/C17H24N2O3/c1-21-14-8-9-15(16(12-14)22-2)19-17(20)18-11-10-13-6-4-3-5-7-13/h6,8-9,12H,3-5,7,10-11H2,1-2H3,(H2,18,19,20). The fourth-order valence-corrected chi connectivity index (χ4v) is 2.54. The van der Waals surface area contributed by atoms with Gasteiger partial charge in [0.25, 0.3) is 0 Å². The van der Waals surface area contributed by atoms with E-state index in [1.807, 2.05) is 0 Å². The molecule has 0 spiro atoms. The number of nitrogens with one attached hydrogen (secondary N) is 2. The van der Waals surface area contributed by atoms with Crippen molar-refractivity contribution in [2.24, 2.45) is 0 Å². The molecule has 1 aliphatic rings. The maximum Gasteiger partial charge on any atom is 0.319 e. The molecule has 0 atom stereocenters. The van der Waals surface area contributed by atoms with Gasteiger partial charge in [-0.1, -0.05) is 11.6 Å². The zero-order chi connectivity index (χ0) is 15.8. The molecule has 1 aromatic rings. The molecule has 0 unspecified atom stereocenters. The number of amides is 2. The van der Waals surface area contributed by atoms with Crippen LogP contribution in [0.2, 0.25) is 0 Å². The lowest BCUT2D eigenvalue weighted by Gasteiger charge is -2.14. The van der Waals surface area contributed by atoms with Gasteiger partial charge in [0.15, 0.2) is 0 Å². The molecule has 0 saturated heterocycles. The van der Waals surface area contributed by atoms with Crippen LogP contribution in [0.3, 0.4) is 0 Å². The van der Waals surface area contributed by atoms with Crippen molar-refractivity contribution >= 4 is 11.7 Å². The average molecular weight is 304 g/mol. The lowest BCUT2D eigenvalue weighted by atomic mass is 9.97. The molecule has 5 heteroatoms. The van der Waals surface area contributed by atoms with Crippen LogP contribution in [0.25, 0.3) is 0 Å². The van der Waals surface area contributed by atoms with E-state index in [4.69, 9.17) is 9.47 Å². The van der Waals surface area contributed by atoms with Crippen molar-refractivity contribution in [1.29, 1.82) is 0 Å². The van der Waals surface area contributed by atoms with E-state index in [1.165, 1.54) is 24.8 Å². The van der Waals surface area contributed by atoms with Gasteiger partial charge in [-0.2, -0.15) is 0 Å². The van der Waals surface area contributed by atoms with Crippen molar-refractivity contribution < 1.29 is 14.3 Å². The number of hydrogen-bond acceptors (Lipinski definition) is 3. The Kier molecular flexibility index (Phi) is 6.13. The predicted octanol–water partition coefficient (Wildman–Crippen LogP) is 3.72. The summed E-state index contributed by atoms with van der Waals surface area (Å²) < 4.78 is 10.4. The summed E-state index contributed by atoms with van der Waals surface area (Å²) in [5, 5.41) is 5.68. The van der Waals surface area contributed by atoms with E-state index in [0.29, 0.717) is 23.7 Å². The van der Waals surface area contributed by atoms with Gasteiger partial charge in [0.2, 0.25) is 0 Å². The number of ether oxygens (including phenoxy) is 2. The molecular weight excluding hydrogens is 280 g/mol. The van der Waals surface area contributed by atoms with Crippen molar-refractivity contribution in [3.05, 3.63) is 29.8 Å². The Hall–Kier alpha value is -2.17. The van der Waals surface area contributed by atoms with Crippen molar-refractivity contribution in [2.45, 2.75) is 32.1 Å². The molecule has 2 N–H and O–H groups in total. The Morgan fingerprint density at radius 2 is 2.09 bits per heavy atom. The van der Waals surface area contributed by atoms with Gasteiger partial charge in [-0.15, -0.1) is 0 Å². The quantitative estimate of drug-likeness (QED) is 0.788. The SMILES string of the molecule is COc1ccc(NC(=O)NCCC2=CCCCC2)c(OC)c1. The molecule has 0 fully saturated rings. The summed E-state index contributed by atoms with van der Waals surface area (Å²) >= 11 is 0. The first-order valence-electron chi connectivity index (χ1n) is 7.67. The number of carbonyl (C=O) groups is 1. The Morgan fingerprint density at radius 1 is 1.23 bits per heavy atom. The van der Waals surface area contributed by atoms with E-state index in [2.05, 4.69) is 16.7 Å². The van der Waals surface area contributed by atoms with Crippen LogP contribution in [-0.4, -0.2) is 26.8 Å². The van der Waals surface area contributed by atoms with E-state index in [-0.39, 0.29) is 6.03 Å². The Labute approximate surface area is 131 Å². The molecule has 0 aliphatic heterocycles. The first-order chi connectivity index (χ1) is 10.7. The third kappa shape index (κ3) is 4.69. The van der Waals surface area contributed by atoms with Crippen LogP contribution in [0, 0.1) is 0 Å². The molecule has 0 saturated carbocycles. The zero-order valence-corrected chi connectivity index (χ0v) is 13.3. The van der Waals surface area contributed by atoms with Gasteiger partial charge >= 0.3 is 6.03 Å². The third-order valence-electron chi connectivity index (χ3n) is 3.77. The topological polar surface area (TPSA) is 59.6 Å². The summed E-state index contributed by atoms with van der Waals surface area (Å²) in [4.78, 5) is 11.9. The molecular formula is C17H24N2O3. The molecule has 1 aromatic carbocycles. The highest BCUT2D eigenvalue weighted by molar-refractivity contribution is 5.91. The van der Waals surface area contributed by atoms with Gasteiger partial charge in [0, 0.05) is 12.6 Å². The number of anilines is 1. The molecule has 0 aromatic heterocycles. The van der Waals surface area contributed by atoms with Crippen LogP contribution in [0.4, 0.5) is 10.5 Å². The molecule has 22 heavy (non-hydrogen) atoms. The molecule has 0 bridgehead atoms. The molecule has 2 rings (SSSR count). The van der Waals surface area contributed by atoms with Crippen molar-refractivity contribution in [3.63, 3.8) is 0 Å². The smallest absolute Gasteiger partial charge is 0.319 e. The molecule has 1 aliphatic carbocycles. The van der Waals surface area contributed by atoms with Crippen LogP contribution in [-0.2, 0) is 0 Å². The van der Waals surface area contributed by atoms with Gasteiger partial charge in [-0.05, 0) is 44.2 Å². The number of methoxy groups -OCH3 is 2. The predicted molar refractivity (Wildman–Crippen MR) is 87.7 cm³/mol. The normalized spacial score (nSPS) is 14.0. The van der Waals surface area contributed by atoms with Crippen molar-refractivity contribution in [1.82, 2.24) is 5.32 Å². The van der Waals surface area contributed by atoms with Gasteiger partial charge in [0.05, 0.1) is 19.9 Å². The van der Waals surface area contributed by atoms with Crippen LogP contribution < -0.4 is 20.1 Å². The summed E-state index contributed by atoms with van der Waals surface area (Å²) in [6.45, 7) is 0.649. The maximum atomic E-state index is 11.9. The molecule has 120 valence electrons. The van der Waals surface area contributed by atoms with Gasteiger partial charge in [0.1, 0.15) is 11.5 Å². The largest absolute Gasteiger partial charge is 0.497 e. The fraction of sp³-hybridized carbons (Fsp3) is 0.471. The number of carbonyl (C=O) groups excluding carboxylic acids is 1. The minimum Gasteiger partial charge on any atom is -0.497 e. The summed E-state index contributed by atoms with van der Waals surface area (Å²) in [6, 6.07) is 5.06. The number of hydrogen-bond donors (Lipinski definition) is 2. The molecule has 0 radical (unpaired) electrons. The zero-order valence-electron chi connectivity index (χ0n) is 13.3. The summed E-state index contributed by atoms with van der Waals surface area (Å²) in [5.74, 6) is 1.26. The highest BCUT2D eigenvalue weighted by Gasteiger charge is 2.09. The van der Waals surface area contributed by atoms with Crippen LogP contribution in [0.5, 0.6) is 11.5 Å². The molecule has 0 heterocycles. The number of allylic oxidation sites excluding steroid dienone is 1. The first kappa shape index (κ1) is 16.2. The summed E-state index contributed by atoms with van der Waals surface area (Å²) in [6.07, 6.45) is 8.11. The van der Waals surface area contributed by atoms with Crippen molar-refractivity contribution in [2.75, 3.05) is 26.1 Å². The Bertz CT molecular complexity index is 541.